The van der Waals surface area contributed by atoms with E-state index in [0.29, 0.717) is 12.0 Å². The van der Waals surface area contributed by atoms with Gasteiger partial charge in [-0.25, -0.2) is 0 Å². The number of hydrogen-bond acceptors (Lipinski definition) is 1. The minimum absolute atomic E-state index is 0.634. The van der Waals surface area contributed by atoms with Crippen molar-refractivity contribution in [1.82, 2.24) is 5.32 Å². The van der Waals surface area contributed by atoms with Crippen LogP contribution < -0.4 is 5.32 Å². The van der Waals surface area contributed by atoms with Crippen molar-refractivity contribution in [3.8, 4) is 0 Å². The second-order valence-electron chi connectivity index (χ2n) is 6.27. The monoisotopic (exact) mass is 259 g/mol. The Hall–Kier alpha value is -0.820. The largest absolute Gasteiger partial charge is 0.316 e. The lowest BCUT2D eigenvalue weighted by Gasteiger charge is -2.37. The Morgan fingerprint density at radius 3 is 2.53 bits per heavy atom. The maximum atomic E-state index is 3.64. The average Bonchev–Trinajstić information content (AvgIpc) is 2.45. The van der Waals surface area contributed by atoms with Gasteiger partial charge in [0.25, 0.3) is 0 Å². The molecule has 4 atom stereocenters. The summed E-state index contributed by atoms with van der Waals surface area (Å²) in [5.74, 6) is 2.41. The molecule has 2 rings (SSSR count). The highest BCUT2D eigenvalue weighted by atomic mass is 14.9. The van der Waals surface area contributed by atoms with Crippen LogP contribution in [0.5, 0.6) is 0 Å². The van der Waals surface area contributed by atoms with E-state index >= 15 is 0 Å². The molecule has 1 N–H and O–H groups in total. The Kier molecular flexibility index (Phi) is 5.45. The van der Waals surface area contributed by atoms with Gasteiger partial charge < -0.3 is 5.32 Å². The predicted octanol–water partition coefficient (Wildman–Crippen LogP) is 4.59. The van der Waals surface area contributed by atoms with Crippen LogP contribution in [0.2, 0.25) is 0 Å². The number of hydrogen-bond donors (Lipinski definition) is 1. The molecule has 1 aromatic carbocycles. The summed E-state index contributed by atoms with van der Waals surface area (Å²) in [4.78, 5) is 0. The molecule has 19 heavy (non-hydrogen) atoms. The van der Waals surface area contributed by atoms with Crippen LogP contribution in [0.25, 0.3) is 0 Å². The van der Waals surface area contributed by atoms with E-state index in [0.717, 1.165) is 11.8 Å². The highest BCUT2D eigenvalue weighted by molar-refractivity contribution is 5.21. The third-order valence-electron chi connectivity index (χ3n) is 4.92. The van der Waals surface area contributed by atoms with E-state index in [1.807, 2.05) is 0 Å². The van der Waals surface area contributed by atoms with Crippen molar-refractivity contribution in [2.24, 2.45) is 11.8 Å². The van der Waals surface area contributed by atoms with Gasteiger partial charge in [0.2, 0.25) is 0 Å². The fourth-order valence-corrected chi connectivity index (χ4v) is 3.97. The van der Waals surface area contributed by atoms with Gasteiger partial charge in [-0.2, -0.15) is 0 Å². The molecule has 0 amide bonds. The summed E-state index contributed by atoms with van der Waals surface area (Å²) < 4.78 is 0. The Morgan fingerprint density at radius 2 is 1.95 bits per heavy atom. The summed E-state index contributed by atoms with van der Waals surface area (Å²) in [6.45, 7) is 4.75. The summed E-state index contributed by atoms with van der Waals surface area (Å²) >= 11 is 0. The first kappa shape index (κ1) is 14.6. The Labute approximate surface area is 118 Å². The molecule has 1 aliphatic rings. The van der Waals surface area contributed by atoms with Crippen LogP contribution in [0.1, 0.15) is 57.4 Å². The molecule has 1 heteroatoms. The average molecular weight is 259 g/mol. The lowest BCUT2D eigenvalue weighted by atomic mass is 9.73. The van der Waals surface area contributed by atoms with Crippen LogP contribution >= 0.6 is 0 Å². The predicted molar refractivity (Wildman–Crippen MR) is 83.4 cm³/mol. The van der Waals surface area contributed by atoms with Gasteiger partial charge in [-0.1, -0.05) is 57.0 Å². The molecule has 1 fully saturated rings. The molecule has 1 nitrogen and oxygen atoms in total. The van der Waals surface area contributed by atoms with Gasteiger partial charge in [-0.05, 0) is 49.6 Å². The molecule has 0 radical (unpaired) electrons. The second-order valence-corrected chi connectivity index (χ2v) is 6.27. The molecule has 0 bridgehead atoms. The quantitative estimate of drug-likeness (QED) is 0.815. The fourth-order valence-electron chi connectivity index (χ4n) is 3.97. The third kappa shape index (κ3) is 3.60. The van der Waals surface area contributed by atoms with E-state index in [-0.39, 0.29) is 0 Å². The van der Waals surface area contributed by atoms with Crippen molar-refractivity contribution in [2.45, 2.75) is 57.9 Å². The Bertz CT molecular complexity index is 359. The summed E-state index contributed by atoms with van der Waals surface area (Å²) in [7, 11) is 2.15. The van der Waals surface area contributed by atoms with E-state index in [2.05, 4.69) is 56.5 Å². The van der Waals surface area contributed by atoms with Crippen LogP contribution in [-0.4, -0.2) is 13.1 Å². The zero-order chi connectivity index (χ0) is 13.7. The van der Waals surface area contributed by atoms with Gasteiger partial charge in [-0.15, -0.1) is 0 Å². The molecule has 1 aliphatic carbocycles. The standard InChI is InChI=1S/C18H29N/c1-4-17(15-10-6-5-7-11-15)18(19-3)16-12-8-9-14(2)13-16/h5-7,10-11,14,16-19H,4,8-9,12-13H2,1-3H3. The van der Waals surface area contributed by atoms with Gasteiger partial charge in [-0.3, -0.25) is 0 Å². The first-order valence-electron chi connectivity index (χ1n) is 7.98. The molecule has 0 saturated heterocycles. The van der Waals surface area contributed by atoms with Crippen LogP contribution in [0.3, 0.4) is 0 Å². The number of nitrogens with one attached hydrogen (secondary N) is 1. The molecule has 1 saturated carbocycles. The summed E-state index contributed by atoms with van der Waals surface area (Å²) in [6.07, 6.45) is 6.86. The van der Waals surface area contributed by atoms with Crippen LogP contribution in [0.15, 0.2) is 30.3 Å². The van der Waals surface area contributed by atoms with Crippen LogP contribution in [0.4, 0.5) is 0 Å². The SMILES string of the molecule is CCC(c1ccccc1)C(NC)C1CCCC(C)C1. The molecule has 0 spiro atoms. The van der Waals surface area contributed by atoms with E-state index in [1.165, 1.54) is 37.7 Å². The van der Waals surface area contributed by atoms with E-state index in [1.54, 1.807) is 0 Å². The number of likely N-dealkylation sites (N-methyl/N-ethyl adjacent to an activating group) is 1. The van der Waals surface area contributed by atoms with Crippen molar-refractivity contribution < 1.29 is 0 Å². The zero-order valence-electron chi connectivity index (χ0n) is 12.7. The van der Waals surface area contributed by atoms with E-state index in [4.69, 9.17) is 0 Å². The van der Waals surface area contributed by atoms with Crippen molar-refractivity contribution in [3.63, 3.8) is 0 Å². The second kappa shape index (κ2) is 7.09. The Balaban J connectivity index is 2.14. The lowest BCUT2D eigenvalue weighted by Crippen LogP contribution is -2.40. The summed E-state index contributed by atoms with van der Waals surface area (Å²) in [5, 5.41) is 3.64. The first-order chi connectivity index (χ1) is 9.26. The molecular formula is C18H29N. The van der Waals surface area contributed by atoms with Gasteiger partial charge in [0, 0.05) is 6.04 Å². The van der Waals surface area contributed by atoms with Crippen LogP contribution in [0, 0.1) is 11.8 Å². The molecule has 106 valence electrons. The van der Waals surface area contributed by atoms with Gasteiger partial charge in [0.05, 0.1) is 0 Å². The number of benzene rings is 1. The molecule has 0 heterocycles. The normalized spacial score (nSPS) is 26.9. The minimum atomic E-state index is 0.634. The van der Waals surface area contributed by atoms with Crippen molar-refractivity contribution in [3.05, 3.63) is 35.9 Å². The summed E-state index contributed by atoms with van der Waals surface area (Å²) in [6, 6.07) is 11.7. The minimum Gasteiger partial charge on any atom is -0.316 e. The van der Waals surface area contributed by atoms with Crippen molar-refractivity contribution >= 4 is 0 Å². The van der Waals surface area contributed by atoms with Crippen molar-refractivity contribution in [2.75, 3.05) is 7.05 Å². The highest BCUT2D eigenvalue weighted by Gasteiger charge is 2.31. The molecule has 0 aliphatic heterocycles. The topological polar surface area (TPSA) is 12.0 Å². The van der Waals surface area contributed by atoms with Crippen molar-refractivity contribution in [1.29, 1.82) is 0 Å². The van der Waals surface area contributed by atoms with E-state index < -0.39 is 0 Å². The lowest BCUT2D eigenvalue weighted by molar-refractivity contribution is 0.206. The van der Waals surface area contributed by atoms with E-state index in [9.17, 15) is 0 Å². The molecular weight excluding hydrogens is 230 g/mol. The Morgan fingerprint density at radius 1 is 1.21 bits per heavy atom. The maximum absolute atomic E-state index is 3.64. The van der Waals surface area contributed by atoms with Gasteiger partial charge >= 0.3 is 0 Å². The third-order valence-corrected chi connectivity index (χ3v) is 4.92. The number of rotatable bonds is 5. The smallest absolute Gasteiger partial charge is 0.0161 e. The summed E-state index contributed by atoms with van der Waals surface area (Å²) in [5.41, 5.74) is 1.50. The molecule has 4 unspecified atom stereocenters. The first-order valence-corrected chi connectivity index (χ1v) is 7.98. The van der Waals surface area contributed by atoms with Gasteiger partial charge in [0.1, 0.15) is 0 Å². The highest BCUT2D eigenvalue weighted by Crippen LogP contribution is 2.37. The van der Waals surface area contributed by atoms with Gasteiger partial charge in [0.15, 0.2) is 0 Å². The maximum Gasteiger partial charge on any atom is 0.0161 e. The molecule has 1 aromatic rings. The molecule has 0 aromatic heterocycles. The van der Waals surface area contributed by atoms with Crippen LogP contribution in [-0.2, 0) is 0 Å². The fraction of sp³-hybridized carbons (Fsp3) is 0.667. The zero-order valence-corrected chi connectivity index (χ0v) is 12.7.